The summed E-state index contributed by atoms with van der Waals surface area (Å²) in [5.41, 5.74) is 46.8. The number of rotatable bonds is 45. The molecule has 3 aromatic rings. The second-order valence-corrected chi connectivity index (χ2v) is 26.1. The maximum atomic E-state index is 14.6. The van der Waals surface area contributed by atoms with Crippen molar-refractivity contribution in [2.24, 2.45) is 66.8 Å². The van der Waals surface area contributed by atoms with Crippen LogP contribution in [0.3, 0.4) is 0 Å². The molecule has 570 valence electrons. The van der Waals surface area contributed by atoms with E-state index in [4.69, 9.17) is 45.9 Å². The molecule has 11 atom stereocenters. The van der Waals surface area contributed by atoms with E-state index in [9.17, 15) is 57.5 Å². The first-order chi connectivity index (χ1) is 49.5. The molecule has 1 aliphatic rings. The Balaban J connectivity index is 1.58. The third kappa shape index (κ3) is 31.5. The van der Waals surface area contributed by atoms with Gasteiger partial charge in [-0.2, -0.15) is 0 Å². The number of carbonyl (C=O) groups excluding carboxylic acids is 12. The second-order valence-electron chi connectivity index (χ2n) is 26.1. The molecule has 0 bridgehead atoms. The average Bonchev–Trinajstić information content (AvgIpc) is 1.66. The van der Waals surface area contributed by atoms with Crippen LogP contribution in [0.25, 0.3) is 0 Å². The van der Waals surface area contributed by atoms with Gasteiger partial charge in [0, 0.05) is 52.4 Å². The zero-order chi connectivity index (χ0) is 76.8. The number of hydrogen-bond donors (Lipinski definition) is 18. The summed E-state index contributed by atoms with van der Waals surface area (Å²) < 4.78 is 0. The summed E-state index contributed by atoms with van der Waals surface area (Å²) in [6.45, 7) is 8.10. The molecule has 0 aromatic heterocycles. The van der Waals surface area contributed by atoms with Gasteiger partial charge in [-0.05, 0) is 120 Å². The fourth-order valence-corrected chi connectivity index (χ4v) is 11.4. The number of nitrogens with two attached hydrogens (primary N) is 8. The Bertz CT molecular complexity index is 3410. The van der Waals surface area contributed by atoms with Crippen LogP contribution < -0.4 is 99.0 Å². The van der Waals surface area contributed by atoms with Gasteiger partial charge in [-0.25, -0.2) is 0 Å². The molecule has 1 aliphatic heterocycles. The number of hydrogen-bond acceptors (Lipinski definition) is 16. The van der Waals surface area contributed by atoms with Gasteiger partial charge in [-0.15, -0.1) is 0 Å². The lowest BCUT2D eigenvalue weighted by molar-refractivity contribution is -0.142. The van der Waals surface area contributed by atoms with Crippen molar-refractivity contribution >= 4 is 88.8 Å². The summed E-state index contributed by atoms with van der Waals surface area (Å²) in [6, 6.07) is 12.6. The lowest BCUT2D eigenvalue weighted by Gasteiger charge is -2.30. The molecule has 0 unspecified atom stereocenters. The average molecular weight is 1450 g/mol. The van der Waals surface area contributed by atoms with Crippen LogP contribution in [0.4, 0.5) is 0 Å². The Morgan fingerprint density at radius 2 is 0.760 bits per heavy atom. The van der Waals surface area contributed by atoms with E-state index in [2.05, 4.69) is 68.1 Å². The van der Waals surface area contributed by atoms with Crippen LogP contribution in [0.15, 0.2) is 106 Å². The predicted molar refractivity (Wildman–Crippen MR) is 393 cm³/mol. The van der Waals surface area contributed by atoms with Gasteiger partial charge in [0.15, 0.2) is 17.9 Å². The topological polar surface area (TPSA) is 574 Å². The third-order valence-corrected chi connectivity index (χ3v) is 16.8. The Morgan fingerprint density at radius 1 is 0.413 bits per heavy atom. The van der Waals surface area contributed by atoms with Crippen molar-refractivity contribution in [1.29, 1.82) is 0 Å². The van der Waals surface area contributed by atoms with Gasteiger partial charge in [0.2, 0.25) is 70.9 Å². The highest BCUT2D eigenvalue weighted by Gasteiger charge is 2.40. The first-order valence-corrected chi connectivity index (χ1v) is 35.0. The van der Waals surface area contributed by atoms with Crippen molar-refractivity contribution in [3.8, 4) is 0 Å². The number of benzene rings is 3. The molecule has 3 aromatic carbocycles. The molecule has 0 saturated carbocycles. The van der Waals surface area contributed by atoms with E-state index in [0.717, 1.165) is 5.56 Å². The number of guanidine groups is 3. The van der Waals surface area contributed by atoms with Gasteiger partial charge in [-0.3, -0.25) is 72.5 Å². The van der Waals surface area contributed by atoms with Gasteiger partial charge < -0.3 is 104 Å². The van der Waals surface area contributed by atoms with Crippen LogP contribution in [0.5, 0.6) is 0 Å². The maximum absolute atomic E-state index is 14.6. The fraction of sp³-hybridized carbons (Fsp3) is 0.529. The molecule has 26 N–H and O–H groups in total. The van der Waals surface area contributed by atoms with Crippen LogP contribution in [0.1, 0.15) is 128 Å². The van der Waals surface area contributed by atoms with Crippen LogP contribution in [-0.4, -0.2) is 193 Å². The van der Waals surface area contributed by atoms with Crippen LogP contribution in [-0.2, 0) is 76.8 Å². The summed E-state index contributed by atoms with van der Waals surface area (Å²) in [5.74, 6) is -9.95. The Hall–Kier alpha value is -10.9. The summed E-state index contributed by atoms with van der Waals surface area (Å²) >= 11 is 0. The molecule has 104 heavy (non-hydrogen) atoms. The highest BCUT2D eigenvalue weighted by molar-refractivity contribution is 5.99. The quantitative estimate of drug-likeness (QED) is 0.0148. The molecule has 0 aliphatic carbocycles. The van der Waals surface area contributed by atoms with Gasteiger partial charge in [0.05, 0.1) is 0 Å². The Kier molecular flexibility index (Phi) is 37.1. The molecule has 0 spiro atoms. The number of nitrogens with one attached hydrogen (secondary N) is 10. The van der Waals surface area contributed by atoms with E-state index in [1.807, 2.05) is 6.07 Å². The zero-order valence-corrected chi connectivity index (χ0v) is 60.0. The lowest BCUT2D eigenvalue weighted by atomic mass is 10.0. The monoisotopic (exact) mass is 1450 g/mol. The minimum Gasteiger partial charge on any atom is -0.370 e. The first kappa shape index (κ1) is 85.5. The summed E-state index contributed by atoms with van der Waals surface area (Å²) in [6.07, 6.45) is 2.11. The highest BCUT2D eigenvalue weighted by atomic mass is 16.2. The number of primary amides is 1. The number of aliphatic imine (C=N–C) groups is 3. The van der Waals surface area contributed by atoms with E-state index in [-0.39, 0.29) is 127 Å². The largest absolute Gasteiger partial charge is 0.370 e. The van der Waals surface area contributed by atoms with E-state index < -0.39 is 137 Å². The van der Waals surface area contributed by atoms with Gasteiger partial charge in [-0.1, -0.05) is 105 Å². The number of amides is 12. The standard InChI is InChI=1S/C70H108N22O12/c1-41(2)37-52(89-59(96)43(4)83-62(99)54(39-46-23-11-7-12-24-46)90-65(102)55(40-47-25-13-8-14-26-47)91-64(101)53(84-44(5)93)38-45-21-9-6-10-22-45)63(100)87-50(29-18-34-80-69(75)76)61(98)86-49(28-17-33-79-68(73)74)60(97)82-42(3)58(95)88-51(30-19-35-81-70(77)78)67(104)92-36-20-31-56(92)66(103)85-48(57(72)94)27-15-16-32-71/h6-14,21-26,41-43,48-56H,15-20,27-40,71H2,1-5H3,(H2,72,94)(H,82,97)(H,83,99)(H,84,93)(H,85,103)(H,86,98)(H,87,100)(H,88,95)(H,89,96)(H,90,102)(H,91,101)(H4,73,74,79)(H4,75,76,80)(H4,77,78,81)/t42-,43+,48+,49+,50+,51+,52+,53+,54+,55+,56+/m1/s1. The molecule has 34 nitrogen and oxygen atoms in total. The van der Waals surface area contributed by atoms with E-state index >= 15 is 0 Å². The van der Waals surface area contributed by atoms with Crippen molar-refractivity contribution in [3.63, 3.8) is 0 Å². The third-order valence-electron chi connectivity index (χ3n) is 16.8. The summed E-state index contributed by atoms with van der Waals surface area (Å²) in [4.78, 5) is 181. The SMILES string of the molecule is CC(=O)N[C@@H](Cc1ccccc1)C(=O)N[C@@H](Cc1ccccc1)C(=O)N[C@@H](Cc1ccccc1)C(=O)N[C@@H](C)C(=O)N[C@@H](CC(C)C)C(=O)N[C@@H](CCCN=C(N)N)C(=O)N[C@@H](CCCN=C(N)N)C(=O)N[C@H](C)C(=O)N[C@@H](CCCN=C(N)N)C(=O)N1CCC[C@H]1C(=O)N[C@@H](CCCCN)C(N)=O. The second kappa shape index (κ2) is 45.1. The van der Waals surface area contributed by atoms with Crippen molar-refractivity contribution in [1.82, 2.24) is 58.1 Å². The number of likely N-dealkylation sites (tertiary alicyclic amines) is 1. The van der Waals surface area contributed by atoms with Crippen molar-refractivity contribution in [2.45, 2.75) is 197 Å². The molecular weight excluding hydrogens is 1340 g/mol. The number of unbranched alkanes of at least 4 members (excludes halogenated alkanes) is 1. The summed E-state index contributed by atoms with van der Waals surface area (Å²) in [5, 5.41) is 27.0. The van der Waals surface area contributed by atoms with Gasteiger partial charge in [0.25, 0.3) is 0 Å². The number of nitrogens with zero attached hydrogens (tertiary/aromatic N) is 4. The van der Waals surface area contributed by atoms with Crippen molar-refractivity contribution < 1.29 is 57.5 Å². The van der Waals surface area contributed by atoms with Crippen LogP contribution in [0.2, 0.25) is 0 Å². The van der Waals surface area contributed by atoms with Crippen molar-refractivity contribution in [3.05, 3.63) is 108 Å². The Labute approximate surface area is 606 Å². The first-order valence-electron chi connectivity index (χ1n) is 35.0. The minimum atomic E-state index is -1.44. The molecule has 4 rings (SSSR count). The lowest BCUT2D eigenvalue weighted by Crippen LogP contribution is -2.60. The normalized spacial score (nSPS) is 15.3. The zero-order valence-electron chi connectivity index (χ0n) is 60.0. The molecule has 34 heteroatoms. The van der Waals surface area contributed by atoms with E-state index in [0.29, 0.717) is 36.9 Å². The minimum absolute atomic E-state index is 0.00162. The van der Waals surface area contributed by atoms with Gasteiger partial charge >= 0.3 is 0 Å². The smallest absolute Gasteiger partial charge is 0.245 e. The molecule has 1 saturated heterocycles. The van der Waals surface area contributed by atoms with Crippen molar-refractivity contribution in [2.75, 3.05) is 32.7 Å². The molecule has 1 heterocycles. The molecule has 12 amide bonds. The summed E-state index contributed by atoms with van der Waals surface area (Å²) in [7, 11) is 0. The fourth-order valence-electron chi connectivity index (χ4n) is 11.4. The molecule has 1 fully saturated rings. The Morgan fingerprint density at radius 3 is 1.15 bits per heavy atom. The van der Waals surface area contributed by atoms with Crippen LogP contribution in [0, 0.1) is 5.92 Å². The molecular formula is C70H108N22O12. The van der Waals surface area contributed by atoms with Crippen LogP contribution >= 0.6 is 0 Å². The molecule has 0 radical (unpaired) electrons. The maximum Gasteiger partial charge on any atom is 0.245 e. The van der Waals surface area contributed by atoms with E-state index in [1.54, 1.807) is 98.8 Å². The predicted octanol–water partition coefficient (Wildman–Crippen LogP) is -3.57. The number of carbonyl (C=O) groups is 12. The van der Waals surface area contributed by atoms with Gasteiger partial charge in [0.1, 0.15) is 66.5 Å². The van der Waals surface area contributed by atoms with E-state index in [1.165, 1.54) is 25.7 Å². The highest BCUT2D eigenvalue weighted by Crippen LogP contribution is 2.21.